The van der Waals surface area contributed by atoms with Crippen molar-refractivity contribution in [3.63, 3.8) is 0 Å². The first kappa shape index (κ1) is 24.0. The first-order valence-electron chi connectivity index (χ1n) is 10.6. The Bertz CT molecular complexity index is 1530. The van der Waals surface area contributed by atoms with Gasteiger partial charge in [-0.1, -0.05) is 11.6 Å². The van der Waals surface area contributed by atoms with E-state index < -0.39 is 41.9 Å². The molecule has 188 valence electrons. The van der Waals surface area contributed by atoms with Crippen molar-refractivity contribution in [1.29, 1.82) is 0 Å². The lowest BCUT2D eigenvalue weighted by Gasteiger charge is -2.19. The van der Waals surface area contributed by atoms with Gasteiger partial charge in [0, 0.05) is 28.3 Å². The van der Waals surface area contributed by atoms with Crippen LogP contribution < -0.4 is 10.6 Å². The molecule has 36 heavy (non-hydrogen) atoms. The average Bonchev–Trinajstić information content (AvgIpc) is 3.16. The second-order valence-corrected chi connectivity index (χ2v) is 8.80. The van der Waals surface area contributed by atoms with E-state index in [1.165, 1.54) is 19.3 Å². The lowest BCUT2D eigenvalue weighted by atomic mass is 9.96. The largest absolute Gasteiger partial charge is 0.471 e. The van der Waals surface area contributed by atoms with Gasteiger partial charge in [-0.25, -0.2) is 13.8 Å². The van der Waals surface area contributed by atoms with E-state index in [4.69, 9.17) is 11.6 Å². The zero-order valence-electron chi connectivity index (χ0n) is 18.3. The third kappa shape index (κ3) is 4.12. The van der Waals surface area contributed by atoms with Crippen LogP contribution in [0.2, 0.25) is 5.02 Å². The average molecular weight is 527 g/mol. The number of H-pyrrole nitrogens is 1. The molecule has 3 unspecified atom stereocenters. The normalized spacial score (nSPS) is 18.4. The summed E-state index contributed by atoms with van der Waals surface area (Å²) in [4.78, 5) is 27.6. The van der Waals surface area contributed by atoms with Gasteiger partial charge in [-0.15, -0.1) is 0 Å². The Morgan fingerprint density at radius 3 is 2.67 bits per heavy atom. The molecule has 1 saturated carbocycles. The van der Waals surface area contributed by atoms with Gasteiger partial charge < -0.3 is 15.0 Å². The first-order chi connectivity index (χ1) is 17.0. The van der Waals surface area contributed by atoms with Crippen LogP contribution in [0.15, 0.2) is 30.7 Å². The molecule has 1 aliphatic carbocycles. The van der Waals surface area contributed by atoms with E-state index in [0.717, 1.165) is 0 Å². The number of hydrogen-bond donors (Lipinski definition) is 3. The number of pyridine rings is 1. The van der Waals surface area contributed by atoms with E-state index in [1.807, 2.05) is 0 Å². The van der Waals surface area contributed by atoms with Gasteiger partial charge >= 0.3 is 12.1 Å². The second-order valence-electron chi connectivity index (χ2n) is 8.43. The predicted octanol–water partition coefficient (Wildman–Crippen LogP) is 4.71. The van der Waals surface area contributed by atoms with Crippen LogP contribution in [-0.2, 0) is 9.59 Å². The first-order valence-corrected chi connectivity index (χ1v) is 11.0. The smallest absolute Gasteiger partial charge is 0.342 e. The summed E-state index contributed by atoms with van der Waals surface area (Å²) in [6, 6.07) is 1.79. The van der Waals surface area contributed by atoms with Crippen LogP contribution in [0.5, 0.6) is 0 Å². The van der Waals surface area contributed by atoms with Crippen LogP contribution in [0, 0.1) is 11.7 Å². The van der Waals surface area contributed by atoms with Crippen molar-refractivity contribution < 1.29 is 31.5 Å². The van der Waals surface area contributed by atoms with Crippen molar-refractivity contribution in [3.8, 4) is 11.1 Å². The number of aromatic amines is 1. The van der Waals surface area contributed by atoms with E-state index in [9.17, 15) is 27.2 Å². The maximum atomic E-state index is 15.4. The summed E-state index contributed by atoms with van der Waals surface area (Å²) >= 11 is 6.35. The van der Waals surface area contributed by atoms with Gasteiger partial charge in [-0.2, -0.15) is 18.3 Å². The lowest BCUT2D eigenvalue weighted by molar-refractivity contribution is -0.174. The third-order valence-electron chi connectivity index (χ3n) is 5.91. The maximum Gasteiger partial charge on any atom is 0.471 e. The number of halogens is 6. The standard InChI is InChI=1S/C22H16ClF5N6O2/c1-8(30-21(36)22(26,27)28)15-18(25)17(23)16(11-5-29-33-19(11)15)9-2-3-14-31-13(7-34(14)6-9)32-20(35)10-4-12(10)24/h2-3,5-8,10,12H,4H2,1H3,(H,29,33)(H,30,36)(H,32,35). The number of carbonyl (C=O) groups excluding carboxylic acids is 2. The molecule has 1 fully saturated rings. The van der Waals surface area contributed by atoms with Gasteiger partial charge in [0.1, 0.15) is 17.6 Å². The fraction of sp³-hybridized carbons (Fsp3) is 0.273. The Balaban J connectivity index is 1.53. The minimum Gasteiger partial charge on any atom is -0.342 e. The molecule has 1 aromatic carbocycles. The molecule has 0 radical (unpaired) electrons. The van der Waals surface area contributed by atoms with Crippen LogP contribution in [0.4, 0.5) is 27.8 Å². The van der Waals surface area contributed by atoms with Crippen molar-refractivity contribution in [2.75, 3.05) is 5.32 Å². The van der Waals surface area contributed by atoms with Gasteiger partial charge in [-0.3, -0.25) is 14.7 Å². The molecule has 3 heterocycles. The van der Waals surface area contributed by atoms with Crippen LogP contribution in [-0.4, -0.2) is 43.7 Å². The molecular formula is C22H16ClF5N6O2. The van der Waals surface area contributed by atoms with E-state index in [2.05, 4.69) is 20.5 Å². The van der Waals surface area contributed by atoms with Gasteiger partial charge in [0.05, 0.1) is 34.9 Å². The van der Waals surface area contributed by atoms with Crippen LogP contribution in [0.1, 0.15) is 24.9 Å². The molecule has 0 aliphatic heterocycles. The molecule has 2 amide bonds. The Kier molecular flexibility index (Phi) is 5.62. The van der Waals surface area contributed by atoms with E-state index in [-0.39, 0.29) is 33.9 Å². The Morgan fingerprint density at radius 2 is 2.00 bits per heavy atom. The van der Waals surface area contributed by atoms with Crippen molar-refractivity contribution in [1.82, 2.24) is 24.9 Å². The molecular weight excluding hydrogens is 511 g/mol. The fourth-order valence-electron chi connectivity index (χ4n) is 4.03. The van der Waals surface area contributed by atoms with E-state index in [1.54, 1.807) is 28.0 Å². The summed E-state index contributed by atoms with van der Waals surface area (Å²) < 4.78 is 68.2. The van der Waals surface area contributed by atoms with Gasteiger partial charge in [0.25, 0.3) is 0 Å². The van der Waals surface area contributed by atoms with Gasteiger partial charge in [0.15, 0.2) is 5.82 Å². The number of alkyl halides is 4. The number of fused-ring (bicyclic) bond motifs is 2. The number of hydrogen-bond acceptors (Lipinski definition) is 4. The number of carbonyl (C=O) groups is 2. The summed E-state index contributed by atoms with van der Waals surface area (Å²) in [5.74, 6) is -4.21. The Labute approximate surface area is 203 Å². The topological polar surface area (TPSA) is 104 Å². The molecule has 8 nitrogen and oxygen atoms in total. The molecule has 3 aromatic heterocycles. The number of nitrogens with one attached hydrogen (secondary N) is 3. The van der Waals surface area contributed by atoms with E-state index >= 15 is 4.39 Å². The highest BCUT2D eigenvalue weighted by molar-refractivity contribution is 6.35. The van der Waals surface area contributed by atoms with Crippen LogP contribution in [0.3, 0.4) is 0 Å². The number of amides is 2. The third-order valence-corrected chi connectivity index (χ3v) is 6.26. The number of benzene rings is 1. The highest BCUT2D eigenvalue weighted by atomic mass is 35.5. The molecule has 1 aliphatic rings. The number of aromatic nitrogens is 4. The quantitative estimate of drug-likeness (QED) is 0.328. The summed E-state index contributed by atoms with van der Waals surface area (Å²) in [5.41, 5.74) is 0.828. The number of rotatable bonds is 5. The summed E-state index contributed by atoms with van der Waals surface area (Å²) in [6.07, 6.45) is -1.74. The zero-order chi connectivity index (χ0) is 25.9. The molecule has 0 saturated heterocycles. The Hall–Kier alpha value is -3.74. The second kappa shape index (κ2) is 8.43. The van der Waals surface area contributed by atoms with Crippen molar-refractivity contribution in [2.24, 2.45) is 5.92 Å². The predicted molar refractivity (Wildman–Crippen MR) is 119 cm³/mol. The SMILES string of the molecule is CC(NC(=O)C(F)(F)F)c1c(F)c(Cl)c(-c2ccc3nc(NC(=O)C4CC4F)cn3c2)c2cn[nH]c12. The maximum absolute atomic E-state index is 15.4. The lowest BCUT2D eigenvalue weighted by Crippen LogP contribution is -2.38. The van der Waals surface area contributed by atoms with Gasteiger partial charge in [-0.05, 0) is 25.5 Å². The molecule has 4 aromatic rings. The number of anilines is 1. The number of imidazole rings is 1. The molecule has 14 heteroatoms. The van der Waals surface area contributed by atoms with Crippen molar-refractivity contribution in [3.05, 3.63) is 47.1 Å². The van der Waals surface area contributed by atoms with Crippen molar-refractivity contribution in [2.45, 2.75) is 31.7 Å². The minimum absolute atomic E-state index is 0.0609. The highest BCUT2D eigenvalue weighted by Crippen LogP contribution is 2.41. The molecule has 3 atom stereocenters. The van der Waals surface area contributed by atoms with Gasteiger partial charge in [0.2, 0.25) is 5.91 Å². The number of nitrogens with zero attached hydrogens (tertiary/aromatic N) is 3. The van der Waals surface area contributed by atoms with E-state index in [0.29, 0.717) is 16.6 Å². The molecule has 0 spiro atoms. The molecule has 5 rings (SSSR count). The monoisotopic (exact) mass is 526 g/mol. The van der Waals surface area contributed by atoms with Crippen molar-refractivity contribution >= 4 is 45.8 Å². The Morgan fingerprint density at radius 1 is 1.28 bits per heavy atom. The summed E-state index contributed by atoms with van der Waals surface area (Å²) in [6.45, 7) is 1.19. The molecule has 3 N–H and O–H groups in total. The van der Waals surface area contributed by atoms with Crippen LogP contribution >= 0.6 is 11.6 Å². The fourth-order valence-corrected chi connectivity index (χ4v) is 4.34. The zero-order valence-corrected chi connectivity index (χ0v) is 19.0. The molecule has 0 bridgehead atoms. The van der Waals surface area contributed by atoms with Crippen LogP contribution in [0.25, 0.3) is 27.7 Å². The summed E-state index contributed by atoms with van der Waals surface area (Å²) in [5, 5.41) is 10.6. The highest BCUT2D eigenvalue weighted by Gasteiger charge is 2.44. The minimum atomic E-state index is -5.15. The summed E-state index contributed by atoms with van der Waals surface area (Å²) in [7, 11) is 0.